The Morgan fingerprint density at radius 1 is 1.64 bits per heavy atom. The molecule has 1 amide bonds. The Morgan fingerprint density at radius 2 is 2.18 bits per heavy atom. The minimum Gasteiger partial charge on any atom is -0.413 e. The van der Waals surface area contributed by atoms with E-state index < -0.39 is 12.5 Å². The maximum Gasteiger partial charge on any atom is 0.413 e. The van der Waals surface area contributed by atoms with Crippen molar-refractivity contribution in [2.45, 2.75) is 32.7 Å². The van der Waals surface area contributed by atoms with Gasteiger partial charge >= 0.3 is 6.09 Å². The SMILES string of the molecule is CC(C)(C)N1CC(F)OC1=O. The van der Waals surface area contributed by atoms with Crippen molar-refractivity contribution in [2.75, 3.05) is 6.54 Å². The molecule has 0 aromatic heterocycles. The fourth-order valence-electron chi connectivity index (χ4n) is 0.976. The molecule has 0 saturated carbocycles. The lowest BCUT2D eigenvalue weighted by atomic mass is 10.1. The maximum atomic E-state index is 12.5. The van der Waals surface area contributed by atoms with Crippen LogP contribution in [0.4, 0.5) is 9.18 Å². The summed E-state index contributed by atoms with van der Waals surface area (Å²) in [5, 5.41) is 0. The Hall–Kier alpha value is -0.800. The third-order valence-corrected chi connectivity index (χ3v) is 1.58. The minimum atomic E-state index is -1.46. The predicted molar refractivity (Wildman–Crippen MR) is 37.8 cm³/mol. The van der Waals surface area contributed by atoms with Crippen LogP contribution in [0.3, 0.4) is 0 Å². The normalized spacial score (nSPS) is 25.6. The highest BCUT2D eigenvalue weighted by atomic mass is 19.1. The van der Waals surface area contributed by atoms with Crippen molar-refractivity contribution in [3.63, 3.8) is 0 Å². The van der Waals surface area contributed by atoms with Gasteiger partial charge in [-0.25, -0.2) is 4.79 Å². The Bertz CT molecular complexity index is 176. The van der Waals surface area contributed by atoms with Crippen molar-refractivity contribution in [1.82, 2.24) is 4.90 Å². The van der Waals surface area contributed by atoms with Crippen molar-refractivity contribution in [2.24, 2.45) is 0 Å². The highest BCUT2D eigenvalue weighted by molar-refractivity contribution is 5.70. The van der Waals surface area contributed by atoms with Crippen molar-refractivity contribution in [3.05, 3.63) is 0 Å². The Balaban J connectivity index is 2.68. The molecule has 0 bridgehead atoms. The standard InChI is InChI=1S/C7H12FNO2/c1-7(2,3)9-4-5(8)11-6(9)10/h5H,4H2,1-3H3. The van der Waals surface area contributed by atoms with Gasteiger partial charge in [-0.15, -0.1) is 0 Å². The molecule has 3 nitrogen and oxygen atoms in total. The molecule has 0 N–H and O–H groups in total. The molecule has 1 unspecified atom stereocenters. The number of hydrogen-bond acceptors (Lipinski definition) is 2. The second-order valence-corrected chi connectivity index (χ2v) is 3.58. The minimum absolute atomic E-state index is 0.0440. The zero-order valence-electron chi connectivity index (χ0n) is 6.93. The van der Waals surface area contributed by atoms with Gasteiger partial charge in [-0.3, -0.25) is 4.90 Å². The topological polar surface area (TPSA) is 29.5 Å². The van der Waals surface area contributed by atoms with E-state index >= 15 is 0 Å². The lowest BCUT2D eigenvalue weighted by molar-refractivity contribution is 0.0573. The molecule has 1 saturated heterocycles. The van der Waals surface area contributed by atoms with Crippen LogP contribution < -0.4 is 0 Å². The molecule has 4 heteroatoms. The van der Waals surface area contributed by atoms with Crippen LogP contribution in [0, 0.1) is 0 Å². The Morgan fingerprint density at radius 3 is 2.36 bits per heavy atom. The van der Waals surface area contributed by atoms with E-state index in [1.807, 2.05) is 20.8 Å². The monoisotopic (exact) mass is 161 g/mol. The van der Waals surface area contributed by atoms with Crippen molar-refractivity contribution in [1.29, 1.82) is 0 Å². The molecule has 1 fully saturated rings. The van der Waals surface area contributed by atoms with Crippen LogP contribution in [0.2, 0.25) is 0 Å². The zero-order chi connectivity index (χ0) is 8.65. The lowest BCUT2D eigenvalue weighted by Gasteiger charge is -2.28. The van der Waals surface area contributed by atoms with E-state index in [0.717, 1.165) is 0 Å². The number of amides is 1. The first kappa shape index (κ1) is 8.30. The molecule has 0 aliphatic carbocycles. The van der Waals surface area contributed by atoms with E-state index in [2.05, 4.69) is 4.74 Å². The number of nitrogens with zero attached hydrogens (tertiary/aromatic N) is 1. The summed E-state index contributed by atoms with van der Waals surface area (Å²) in [5.74, 6) is 0. The van der Waals surface area contributed by atoms with Crippen molar-refractivity contribution >= 4 is 6.09 Å². The average Bonchev–Trinajstić information content (AvgIpc) is 2.08. The number of alkyl halides is 1. The molecular weight excluding hydrogens is 149 g/mol. The van der Waals surface area contributed by atoms with Crippen LogP contribution in [0.15, 0.2) is 0 Å². The van der Waals surface area contributed by atoms with Crippen LogP contribution in [-0.2, 0) is 4.74 Å². The molecule has 0 spiro atoms. The molecule has 0 aromatic rings. The van der Waals surface area contributed by atoms with E-state index in [4.69, 9.17) is 0 Å². The summed E-state index contributed by atoms with van der Waals surface area (Å²) in [6.07, 6.45) is -2.02. The maximum absolute atomic E-state index is 12.5. The second kappa shape index (κ2) is 2.36. The Labute approximate surface area is 65.1 Å². The summed E-state index contributed by atoms with van der Waals surface area (Å²) in [6, 6.07) is 0. The molecular formula is C7H12FNO2. The van der Waals surface area contributed by atoms with Gasteiger partial charge in [-0.05, 0) is 20.8 Å². The number of cyclic esters (lactones) is 1. The predicted octanol–water partition coefficient (Wildman–Crippen LogP) is 1.53. The number of rotatable bonds is 0. The van der Waals surface area contributed by atoms with Gasteiger partial charge in [0.2, 0.25) is 0 Å². The van der Waals surface area contributed by atoms with Crippen molar-refractivity contribution < 1.29 is 13.9 Å². The molecule has 11 heavy (non-hydrogen) atoms. The van der Waals surface area contributed by atoms with Gasteiger partial charge in [-0.1, -0.05) is 0 Å². The second-order valence-electron chi connectivity index (χ2n) is 3.58. The largest absolute Gasteiger partial charge is 0.413 e. The first-order valence-electron chi connectivity index (χ1n) is 3.53. The average molecular weight is 161 g/mol. The molecule has 1 heterocycles. The highest BCUT2D eigenvalue weighted by Gasteiger charge is 2.37. The molecule has 1 aliphatic rings. The lowest BCUT2D eigenvalue weighted by Crippen LogP contribution is -2.42. The third kappa shape index (κ3) is 1.61. The van der Waals surface area contributed by atoms with Crippen LogP contribution in [0.25, 0.3) is 0 Å². The van der Waals surface area contributed by atoms with E-state index in [-0.39, 0.29) is 12.1 Å². The summed E-state index contributed by atoms with van der Waals surface area (Å²) in [4.78, 5) is 12.3. The number of carbonyl (C=O) groups excluding carboxylic acids is 1. The zero-order valence-corrected chi connectivity index (χ0v) is 6.93. The molecule has 64 valence electrons. The van der Waals surface area contributed by atoms with Gasteiger partial charge < -0.3 is 4.74 Å². The third-order valence-electron chi connectivity index (χ3n) is 1.58. The number of ether oxygens (including phenoxy) is 1. The van der Waals surface area contributed by atoms with Gasteiger partial charge in [-0.2, -0.15) is 4.39 Å². The smallest absolute Gasteiger partial charge is 0.413 e. The first-order chi connectivity index (χ1) is 4.91. The quantitative estimate of drug-likeness (QED) is 0.539. The van der Waals surface area contributed by atoms with Crippen LogP contribution in [-0.4, -0.2) is 29.4 Å². The summed E-state index contributed by atoms with van der Waals surface area (Å²) in [6.45, 7) is 5.56. The van der Waals surface area contributed by atoms with E-state index in [9.17, 15) is 9.18 Å². The fraction of sp³-hybridized carbons (Fsp3) is 0.857. The van der Waals surface area contributed by atoms with Gasteiger partial charge in [0.05, 0.1) is 6.54 Å². The van der Waals surface area contributed by atoms with E-state index in [0.29, 0.717) is 0 Å². The van der Waals surface area contributed by atoms with Crippen molar-refractivity contribution in [3.8, 4) is 0 Å². The Kier molecular flexibility index (Phi) is 1.78. The number of carbonyl (C=O) groups is 1. The first-order valence-corrected chi connectivity index (χ1v) is 3.53. The molecule has 0 radical (unpaired) electrons. The number of halogens is 1. The van der Waals surface area contributed by atoms with Crippen LogP contribution in [0.1, 0.15) is 20.8 Å². The summed E-state index contributed by atoms with van der Waals surface area (Å²) in [5.41, 5.74) is -0.349. The fourth-order valence-corrected chi connectivity index (χ4v) is 0.976. The summed E-state index contributed by atoms with van der Waals surface area (Å²) < 4.78 is 16.8. The highest BCUT2D eigenvalue weighted by Crippen LogP contribution is 2.21. The van der Waals surface area contributed by atoms with Gasteiger partial charge in [0.15, 0.2) is 0 Å². The van der Waals surface area contributed by atoms with Crippen LogP contribution in [0.5, 0.6) is 0 Å². The molecule has 1 atom stereocenters. The molecule has 0 aromatic carbocycles. The molecule has 1 rings (SSSR count). The summed E-state index contributed by atoms with van der Waals surface area (Å²) in [7, 11) is 0. The van der Waals surface area contributed by atoms with E-state index in [1.165, 1.54) is 4.90 Å². The number of hydrogen-bond donors (Lipinski definition) is 0. The van der Waals surface area contributed by atoms with Gasteiger partial charge in [0.25, 0.3) is 6.36 Å². The van der Waals surface area contributed by atoms with Gasteiger partial charge in [0.1, 0.15) is 0 Å². The summed E-state index contributed by atoms with van der Waals surface area (Å²) >= 11 is 0. The van der Waals surface area contributed by atoms with E-state index in [1.54, 1.807) is 0 Å². The van der Waals surface area contributed by atoms with Gasteiger partial charge in [0, 0.05) is 5.54 Å². The van der Waals surface area contributed by atoms with Crippen LogP contribution >= 0.6 is 0 Å². The molecule has 1 aliphatic heterocycles.